The zero-order chi connectivity index (χ0) is 17.6. The molecule has 1 atom stereocenters. The second kappa shape index (κ2) is 6.13. The highest BCUT2D eigenvalue weighted by Crippen LogP contribution is 2.40. The summed E-state index contributed by atoms with van der Waals surface area (Å²) in [5.74, 6) is 3.26. The summed E-state index contributed by atoms with van der Waals surface area (Å²) in [7, 11) is 0. The molecule has 0 aromatic carbocycles. The lowest BCUT2D eigenvalue weighted by Gasteiger charge is -2.36. The van der Waals surface area contributed by atoms with Crippen LogP contribution in [0.15, 0.2) is 18.3 Å². The van der Waals surface area contributed by atoms with Gasteiger partial charge in [0.05, 0.1) is 18.2 Å². The van der Waals surface area contributed by atoms with Crippen LogP contribution in [-0.2, 0) is 6.54 Å². The summed E-state index contributed by atoms with van der Waals surface area (Å²) in [6.45, 7) is 5.67. The quantitative estimate of drug-likeness (QED) is 0.923. The zero-order valence-electron chi connectivity index (χ0n) is 14.7. The molecule has 7 nitrogen and oxygen atoms in total. The van der Waals surface area contributed by atoms with Gasteiger partial charge < -0.3 is 10.6 Å². The standard InChI is InChI=1S/C18H24N6O/c1-11(2)9-14-17-21-16(12-3-4-12)22-24(17)8-7-23(14)18(25)13-5-6-15(19)20-10-13/h5-6,10-12,14H,3-4,7-9H2,1-2H3,(H2,19,20)/t14-/m0/s1. The Balaban J connectivity index is 1.66. The third-order valence-corrected chi connectivity index (χ3v) is 4.88. The van der Waals surface area contributed by atoms with E-state index in [0.717, 1.165) is 18.1 Å². The lowest BCUT2D eigenvalue weighted by molar-refractivity contribution is 0.0578. The number of carbonyl (C=O) groups is 1. The normalized spacial score (nSPS) is 20.0. The van der Waals surface area contributed by atoms with E-state index < -0.39 is 0 Å². The topological polar surface area (TPSA) is 89.9 Å². The van der Waals surface area contributed by atoms with E-state index in [4.69, 9.17) is 10.7 Å². The average molecular weight is 340 g/mol. The van der Waals surface area contributed by atoms with Crippen molar-refractivity contribution in [1.29, 1.82) is 0 Å². The maximum Gasteiger partial charge on any atom is 0.256 e. The van der Waals surface area contributed by atoms with Gasteiger partial charge in [-0.3, -0.25) is 4.79 Å². The van der Waals surface area contributed by atoms with E-state index >= 15 is 0 Å². The third kappa shape index (κ3) is 3.10. The summed E-state index contributed by atoms with van der Waals surface area (Å²) in [5, 5.41) is 4.69. The fourth-order valence-corrected chi connectivity index (χ4v) is 3.42. The van der Waals surface area contributed by atoms with Crippen molar-refractivity contribution in [2.24, 2.45) is 5.92 Å². The van der Waals surface area contributed by atoms with Gasteiger partial charge in [0, 0.05) is 18.7 Å². The lowest BCUT2D eigenvalue weighted by Crippen LogP contribution is -2.43. The molecule has 2 aromatic heterocycles. The number of hydrogen-bond donors (Lipinski definition) is 1. The van der Waals surface area contributed by atoms with E-state index in [0.29, 0.717) is 36.3 Å². The number of rotatable bonds is 4. The molecule has 1 saturated carbocycles. The van der Waals surface area contributed by atoms with E-state index in [2.05, 4.69) is 23.9 Å². The predicted molar refractivity (Wildman–Crippen MR) is 93.9 cm³/mol. The molecule has 4 rings (SSSR count). The monoisotopic (exact) mass is 340 g/mol. The molecule has 1 aliphatic carbocycles. The van der Waals surface area contributed by atoms with E-state index in [9.17, 15) is 4.79 Å². The molecule has 7 heteroatoms. The summed E-state index contributed by atoms with van der Waals surface area (Å²) < 4.78 is 2.01. The number of carbonyl (C=O) groups excluding carboxylic acids is 1. The second-order valence-corrected chi connectivity index (χ2v) is 7.44. The highest BCUT2D eigenvalue weighted by Gasteiger charge is 2.37. The van der Waals surface area contributed by atoms with Crippen LogP contribution in [0.5, 0.6) is 0 Å². The molecule has 2 aromatic rings. The molecule has 1 aliphatic heterocycles. The molecule has 132 valence electrons. The number of nitrogens with two attached hydrogens (primary N) is 1. The molecule has 1 amide bonds. The Morgan fingerprint density at radius 1 is 1.32 bits per heavy atom. The number of nitrogens with zero attached hydrogens (tertiary/aromatic N) is 5. The number of anilines is 1. The van der Waals surface area contributed by atoms with Gasteiger partial charge in [0.25, 0.3) is 5.91 Å². The van der Waals surface area contributed by atoms with E-state index in [1.807, 2.05) is 9.58 Å². The number of amides is 1. The van der Waals surface area contributed by atoms with Gasteiger partial charge in [-0.2, -0.15) is 5.10 Å². The average Bonchev–Trinajstić information content (AvgIpc) is 3.34. The van der Waals surface area contributed by atoms with Crippen LogP contribution in [0.2, 0.25) is 0 Å². The molecule has 0 radical (unpaired) electrons. The number of pyridine rings is 1. The Bertz CT molecular complexity index is 777. The van der Waals surface area contributed by atoms with Crippen LogP contribution in [0.4, 0.5) is 5.82 Å². The first-order valence-electron chi connectivity index (χ1n) is 9.00. The third-order valence-electron chi connectivity index (χ3n) is 4.88. The summed E-state index contributed by atoms with van der Waals surface area (Å²) in [5.41, 5.74) is 6.21. The van der Waals surface area contributed by atoms with Crippen molar-refractivity contribution in [2.45, 2.75) is 51.6 Å². The van der Waals surface area contributed by atoms with Crippen molar-refractivity contribution in [2.75, 3.05) is 12.3 Å². The Kier molecular flexibility index (Phi) is 3.94. The van der Waals surface area contributed by atoms with Crippen LogP contribution >= 0.6 is 0 Å². The Hall–Kier alpha value is -2.44. The number of nitrogen functional groups attached to an aromatic ring is 1. The molecular weight excluding hydrogens is 316 g/mol. The van der Waals surface area contributed by atoms with Crippen LogP contribution in [0.25, 0.3) is 0 Å². The molecule has 2 N–H and O–H groups in total. The number of fused-ring (bicyclic) bond motifs is 1. The van der Waals surface area contributed by atoms with Crippen molar-refractivity contribution in [3.05, 3.63) is 35.5 Å². The summed E-state index contributed by atoms with van der Waals surface area (Å²) in [6.07, 6.45) is 4.78. The van der Waals surface area contributed by atoms with Crippen LogP contribution in [0.1, 0.15) is 67.1 Å². The maximum atomic E-state index is 13.1. The van der Waals surface area contributed by atoms with Gasteiger partial charge in [0.15, 0.2) is 5.82 Å². The first-order valence-corrected chi connectivity index (χ1v) is 9.00. The van der Waals surface area contributed by atoms with Gasteiger partial charge in [-0.05, 0) is 37.3 Å². The lowest BCUT2D eigenvalue weighted by atomic mass is 9.99. The minimum absolute atomic E-state index is 0.0135. The zero-order valence-corrected chi connectivity index (χ0v) is 14.7. The second-order valence-electron chi connectivity index (χ2n) is 7.44. The van der Waals surface area contributed by atoms with Gasteiger partial charge in [-0.15, -0.1) is 0 Å². The first kappa shape index (κ1) is 16.1. The molecule has 0 saturated heterocycles. The van der Waals surface area contributed by atoms with Gasteiger partial charge in [-0.25, -0.2) is 14.6 Å². The fraction of sp³-hybridized carbons (Fsp3) is 0.556. The van der Waals surface area contributed by atoms with Crippen molar-refractivity contribution >= 4 is 11.7 Å². The fourth-order valence-electron chi connectivity index (χ4n) is 3.42. The molecular formula is C18H24N6O. The Morgan fingerprint density at radius 3 is 2.76 bits per heavy atom. The van der Waals surface area contributed by atoms with Crippen molar-refractivity contribution in [3.63, 3.8) is 0 Å². The molecule has 25 heavy (non-hydrogen) atoms. The SMILES string of the molecule is CC(C)C[C@H]1c2nc(C3CC3)nn2CCN1C(=O)c1ccc(N)nc1. The van der Waals surface area contributed by atoms with Crippen molar-refractivity contribution in [3.8, 4) is 0 Å². The first-order chi connectivity index (χ1) is 12.0. The van der Waals surface area contributed by atoms with E-state index in [1.165, 1.54) is 12.8 Å². The van der Waals surface area contributed by atoms with Crippen molar-refractivity contribution in [1.82, 2.24) is 24.6 Å². The molecule has 0 bridgehead atoms. The van der Waals surface area contributed by atoms with Crippen LogP contribution in [0.3, 0.4) is 0 Å². The van der Waals surface area contributed by atoms with Crippen LogP contribution in [-0.4, -0.2) is 37.1 Å². The van der Waals surface area contributed by atoms with Gasteiger partial charge >= 0.3 is 0 Å². The molecule has 0 spiro atoms. The minimum Gasteiger partial charge on any atom is -0.384 e. The largest absolute Gasteiger partial charge is 0.384 e. The summed E-state index contributed by atoms with van der Waals surface area (Å²) in [4.78, 5) is 23.8. The van der Waals surface area contributed by atoms with E-state index in [-0.39, 0.29) is 11.9 Å². The van der Waals surface area contributed by atoms with E-state index in [1.54, 1.807) is 18.3 Å². The molecule has 1 fully saturated rings. The van der Waals surface area contributed by atoms with Crippen molar-refractivity contribution < 1.29 is 4.79 Å². The molecule has 0 unspecified atom stereocenters. The maximum absolute atomic E-state index is 13.1. The van der Waals surface area contributed by atoms with Crippen LogP contribution in [0, 0.1) is 5.92 Å². The van der Waals surface area contributed by atoms with Gasteiger partial charge in [0.1, 0.15) is 11.6 Å². The Morgan fingerprint density at radius 2 is 2.12 bits per heavy atom. The highest BCUT2D eigenvalue weighted by molar-refractivity contribution is 5.94. The number of hydrogen-bond acceptors (Lipinski definition) is 5. The minimum atomic E-state index is -0.0428. The van der Waals surface area contributed by atoms with Crippen LogP contribution < -0.4 is 5.73 Å². The van der Waals surface area contributed by atoms with Gasteiger partial charge in [0.2, 0.25) is 0 Å². The Labute approximate surface area is 147 Å². The smallest absolute Gasteiger partial charge is 0.256 e. The van der Waals surface area contributed by atoms with Gasteiger partial charge in [-0.1, -0.05) is 13.8 Å². The highest BCUT2D eigenvalue weighted by atomic mass is 16.2. The molecule has 2 aliphatic rings. The molecule has 3 heterocycles. The number of aromatic nitrogens is 4. The summed E-state index contributed by atoms with van der Waals surface area (Å²) >= 11 is 0. The predicted octanol–water partition coefficient (Wildman–Crippen LogP) is 2.38. The summed E-state index contributed by atoms with van der Waals surface area (Å²) in [6, 6.07) is 3.37.